The van der Waals surface area contributed by atoms with Crippen LogP contribution >= 0.6 is 0 Å². The van der Waals surface area contributed by atoms with Crippen LogP contribution in [0.5, 0.6) is 0 Å². The molecule has 3 heteroatoms. The van der Waals surface area contributed by atoms with Crippen molar-refractivity contribution in [2.24, 2.45) is 5.92 Å². The van der Waals surface area contributed by atoms with Crippen molar-refractivity contribution in [1.82, 2.24) is 10.2 Å². The van der Waals surface area contributed by atoms with Crippen LogP contribution in [0.2, 0.25) is 0 Å². The Morgan fingerprint density at radius 2 is 2.06 bits per heavy atom. The summed E-state index contributed by atoms with van der Waals surface area (Å²) in [4.78, 5) is 2.58. The van der Waals surface area contributed by atoms with Crippen molar-refractivity contribution in [3.63, 3.8) is 0 Å². The van der Waals surface area contributed by atoms with Gasteiger partial charge >= 0.3 is 0 Å². The van der Waals surface area contributed by atoms with E-state index in [4.69, 9.17) is 0 Å². The Morgan fingerprint density at radius 3 is 2.69 bits per heavy atom. The van der Waals surface area contributed by atoms with Gasteiger partial charge in [-0.05, 0) is 64.7 Å². The highest BCUT2D eigenvalue weighted by Crippen LogP contribution is 2.37. The van der Waals surface area contributed by atoms with Crippen LogP contribution in [0.1, 0.15) is 38.5 Å². The topological polar surface area (TPSA) is 35.5 Å². The predicted molar refractivity (Wildman–Crippen MR) is 66.5 cm³/mol. The van der Waals surface area contributed by atoms with Gasteiger partial charge in [0.05, 0.1) is 6.61 Å². The van der Waals surface area contributed by atoms with E-state index < -0.39 is 0 Å². The third-order valence-corrected chi connectivity index (χ3v) is 4.73. The highest BCUT2D eigenvalue weighted by molar-refractivity contribution is 4.98. The molecule has 0 radical (unpaired) electrons. The van der Waals surface area contributed by atoms with Crippen molar-refractivity contribution in [3.8, 4) is 0 Å². The largest absolute Gasteiger partial charge is 0.394 e. The summed E-state index contributed by atoms with van der Waals surface area (Å²) < 4.78 is 0. The normalized spacial score (nSPS) is 36.0. The molecule has 2 atom stereocenters. The molecular formula is C13H26N2O. The number of rotatable bonds is 5. The van der Waals surface area contributed by atoms with E-state index in [0.29, 0.717) is 12.5 Å². The minimum absolute atomic E-state index is 0.0275. The summed E-state index contributed by atoms with van der Waals surface area (Å²) in [6, 6.07) is 0. The van der Waals surface area contributed by atoms with E-state index in [9.17, 15) is 5.11 Å². The second-order valence-corrected chi connectivity index (χ2v) is 5.49. The third-order valence-electron chi connectivity index (χ3n) is 4.73. The molecule has 0 aromatic carbocycles. The first-order valence-corrected chi connectivity index (χ1v) is 6.83. The molecule has 0 aromatic heterocycles. The number of hydrogen-bond donors (Lipinski definition) is 2. The van der Waals surface area contributed by atoms with E-state index in [-0.39, 0.29) is 5.54 Å². The van der Waals surface area contributed by atoms with Gasteiger partial charge in [0.1, 0.15) is 0 Å². The van der Waals surface area contributed by atoms with Crippen LogP contribution in [0.25, 0.3) is 0 Å². The Balaban J connectivity index is 1.83. The average molecular weight is 226 g/mol. The molecule has 0 aromatic rings. The van der Waals surface area contributed by atoms with Gasteiger partial charge in [0.2, 0.25) is 0 Å². The first kappa shape index (κ1) is 12.3. The number of nitrogens with zero attached hydrogens (tertiary/aromatic N) is 1. The van der Waals surface area contributed by atoms with E-state index in [2.05, 4.69) is 10.2 Å². The maximum Gasteiger partial charge on any atom is 0.0615 e. The van der Waals surface area contributed by atoms with Crippen LogP contribution < -0.4 is 5.32 Å². The Bertz CT molecular complexity index is 210. The van der Waals surface area contributed by atoms with Crippen LogP contribution in [-0.2, 0) is 0 Å². The molecule has 0 bridgehead atoms. The van der Waals surface area contributed by atoms with Gasteiger partial charge in [-0.25, -0.2) is 0 Å². The van der Waals surface area contributed by atoms with E-state index in [1.54, 1.807) is 0 Å². The number of likely N-dealkylation sites (tertiary alicyclic amines) is 1. The molecule has 1 saturated carbocycles. The lowest BCUT2D eigenvalue weighted by atomic mass is 9.85. The second-order valence-electron chi connectivity index (χ2n) is 5.49. The summed E-state index contributed by atoms with van der Waals surface area (Å²) in [5.74, 6) is 0.670. The van der Waals surface area contributed by atoms with Crippen molar-refractivity contribution in [1.29, 1.82) is 0 Å². The number of aliphatic hydroxyl groups is 1. The first-order valence-electron chi connectivity index (χ1n) is 6.83. The minimum Gasteiger partial charge on any atom is -0.394 e. The second kappa shape index (κ2) is 5.48. The molecule has 2 fully saturated rings. The summed E-state index contributed by atoms with van der Waals surface area (Å²) >= 11 is 0. The van der Waals surface area contributed by atoms with Crippen molar-refractivity contribution < 1.29 is 5.11 Å². The third kappa shape index (κ3) is 2.41. The molecule has 0 spiro atoms. The molecule has 1 aliphatic heterocycles. The van der Waals surface area contributed by atoms with Crippen molar-refractivity contribution in [2.75, 3.05) is 33.3 Å². The summed E-state index contributed by atoms with van der Waals surface area (Å²) in [7, 11) is 2.00. The molecule has 1 aliphatic carbocycles. The predicted octanol–water partition coefficient (Wildman–Crippen LogP) is 1.22. The monoisotopic (exact) mass is 226 g/mol. The fourth-order valence-electron chi connectivity index (χ4n) is 3.53. The Morgan fingerprint density at radius 1 is 1.31 bits per heavy atom. The summed E-state index contributed by atoms with van der Waals surface area (Å²) in [6.45, 7) is 4.11. The van der Waals surface area contributed by atoms with Crippen LogP contribution in [0, 0.1) is 5.92 Å². The molecule has 2 rings (SSSR count). The van der Waals surface area contributed by atoms with Gasteiger partial charge < -0.3 is 15.3 Å². The van der Waals surface area contributed by atoms with Crippen molar-refractivity contribution >= 4 is 0 Å². The zero-order valence-electron chi connectivity index (χ0n) is 10.5. The Labute approximate surface area is 99.2 Å². The smallest absolute Gasteiger partial charge is 0.0615 e. The fraction of sp³-hybridized carbons (Fsp3) is 1.00. The zero-order valence-corrected chi connectivity index (χ0v) is 10.5. The van der Waals surface area contributed by atoms with Crippen molar-refractivity contribution in [2.45, 2.75) is 44.1 Å². The van der Waals surface area contributed by atoms with Gasteiger partial charge in [0, 0.05) is 5.54 Å². The number of nitrogens with one attached hydrogen (secondary N) is 1. The van der Waals surface area contributed by atoms with E-state index in [1.165, 1.54) is 51.7 Å². The van der Waals surface area contributed by atoms with Gasteiger partial charge in [-0.15, -0.1) is 0 Å². The van der Waals surface area contributed by atoms with Crippen LogP contribution in [0.4, 0.5) is 0 Å². The maximum absolute atomic E-state index is 9.60. The Kier molecular flexibility index (Phi) is 4.22. The molecular weight excluding hydrogens is 200 g/mol. The quantitative estimate of drug-likeness (QED) is 0.740. The summed E-state index contributed by atoms with van der Waals surface area (Å²) in [5.41, 5.74) is 0.0275. The average Bonchev–Trinajstić information content (AvgIpc) is 2.96. The lowest BCUT2D eigenvalue weighted by molar-refractivity contribution is 0.120. The zero-order chi connectivity index (χ0) is 11.4. The lowest BCUT2D eigenvalue weighted by Crippen LogP contribution is -2.50. The number of hydrogen-bond acceptors (Lipinski definition) is 3. The summed E-state index contributed by atoms with van der Waals surface area (Å²) in [6.07, 6.45) is 7.71. The van der Waals surface area contributed by atoms with Crippen LogP contribution in [-0.4, -0.2) is 48.8 Å². The van der Waals surface area contributed by atoms with E-state index in [0.717, 1.165) is 6.42 Å². The lowest BCUT2D eigenvalue weighted by Gasteiger charge is -2.34. The van der Waals surface area contributed by atoms with Gasteiger partial charge in [-0.3, -0.25) is 0 Å². The highest BCUT2D eigenvalue weighted by Gasteiger charge is 2.40. The summed E-state index contributed by atoms with van der Waals surface area (Å²) in [5, 5.41) is 13.0. The molecule has 2 unspecified atom stereocenters. The van der Waals surface area contributed by atoms with Gasteiger partial charge in [-0.2, -0.15) is 0 Å². The molecule has 2 aliphatic rings. The molecule has 94 valence electrons. The number of aliphatic hydroxyl groups excluding tert-OH is 1. The molecule has 2 N–H and O–H groups in total. The van der Waals surface area contributed by atoms with E-state index >= 15 is 0 Å². The van der Waals surface area contributed by atoms with Crippen LogP contribution in [0.3, 0.4) is 0 Å². The Hall–Kier alpha value is -0.120. The van der Waals surface area contributed by atoms with Gasteiger partial charge in [-0.1, -0.05) is 6.42 Å². The SMILES string of the molecule is CNC1(CO)CCCC1CCN1CCCC1. The van der Waals surface area contributed by atoms with Gasteiger partial charge in [0.15, 0.2) is 0 Å². The minimum atomic E-state index is 0.0275. The first-order chi connectivity index (χ1) is 7.80. The van der Waals surface area contributed by atoms with Crippen molar-refractivity contribution in [3.05, 3.63) is 0 Å². The fourth-order valence-corrected chi connectivity index (χ4v) is 3.53. The number of likely N-dealkylation sites (N-methyl/N-ethyl adjacent to an activating group) is 1. The molecule has 1 saturated heterocycles. The van der Waals surface area contributed by atoms with Crippen LogP contribution in [0.15, 0.2) is 0 Å². The molecule has 16 heavy (non-hydrogen) atoms. The molecule has 3 nitrogen and oxygen atoms in total. The highest BCUT2D eigenvalue weighted by atomic mass is 16.3. The standard InChI is InChI=1S/C13H26N2O/c1-14-13(11-16)7-4-5-12(13)6-10-15-8-2-3-9-15/h12,14,16H,2-11H2,1H3. The van der Waals surface area contributed by atoms with Gasteiger partial charge in [0.25, 0.3) is 0 Å². The van der Waals surface area contributed by atoms with E-state index in [1.807, 2.05) is 7.05 Å². The maximum atomic E-state index is 9.60. The molecule has 1 heterocycles. The molecule has 0 amide bonds.